The van der Waals surface area contributed by atoms with Gasteiger partial charge in [-0.2, -0.15) is 0 Å². The maximum atomic E-state index is 12.7. The molecular weight excluding hydrogens is 308 g/mol. The summed E-state index contributed by atoms with van der Waals surface area (Å²) in [6.07, 6.45) is 3.62. The van der Waals surface area contributed by atoms with Gasteiger partial charge in [-0.05, 0) is 44.7 Å². The summed E-state index contributed by atoms with van der Waals surface area (Å²) in [5.74, 6) is -0.185. The minimum atomic E-state index is -0.276. The van der Waals surface area contributed by atoms with E-state index in [1.54, 1.807) is 25.1 Å². The number of nitrogens with zero attached hydrogens (tertiary/aromatic N) is 2. The first-order chi connectivity index (χ1) is 11.5. The summed E-state index contributed by atoms with van der Waals surface area (Å²) < 4.78 is 13.2. The van der Waals surface area contributed by atoms with Crippen molar-refractivity contribution in [2.75, 3.05) is 26.8 Å². The number of aromatic nitrogens is 1. The highest BCUT2D eigenvalue weighted by molar-refractivity contribution is 5.94. The fraction of sp³-hybridized carbons (Fsp3) is 0.667. The van der Waals surface area contributed by atoms with Crippen LogP contribution in [-0.4, -0.2) is 53.9 Å². The van der Waals surface area contributed by atoms with Crippen molar-refractivity contribution in [3.05, 3.63) is 33.7 Å². The minimum Gasteiger partial charge on any atom is -0.378 e. The molecule has 1 atom stereocenters. The zero-order valence-corrected chi connectivity index (χ0v) is 14.7. The van der Waals surface area contributed by atoms with E-state index in [-0.39, 0.29) is 28.7 Å². The van der Waals surface area contributed by atoms with Gasteiger partial charge in [0.05, 0.1) is 11.7 Å². The topological polar surface area (TPSA) is 60.8 Å². The second kappa shape index (κ2) is 6.69. The van der Waals surface area contributed by atoms with Crippen molar-refractivity contribution in [3.63, 3.8) is 0 Å². The van der Waals surface area contributed by atoms with E-state index in [0.717, 1.165) is 38.0 Å². The van der Waals surface area contributed by atoms with E-state index < -0.39 is 0 Å². The van der Waals surface area contributed by atoms with Crippen LogP contribution in [0.3, 0.4) is 0 Å². The predicted octanol–water partition coefficient (Wildman–Crippen LogP) is 1.49. The van der Waals surface area contributed by atoms with Crippen molar-refractivity contribution in [3.8, 4) is 0 Å². The zero-order chi connectivity index (χ0) is 17.3. The van der Waals surface area contributed by atoms with Gasteiger partial charge in [0.15, 0.2) is 0 Å². The first kappa shape index (κ1) is 17.2. The van der Waals surface area contributed by atoms with Crippen LogP contribution >= 0.6 is 0 Å². The molecule has 2 aliphatic heterocycles. The van der Waals surface area contributed by atoms with Gasteiger partial charge in [0.1, 0.15) is 5.56 Å². The standard InChI is InChI=1S/C18H26N2O4/c1-13-6-7-14(16(21)19(13)2)17(22)20-10-8-18(9-11-20)15(23-3)5-4-12-24-18/h6-7,15H,4-5,8-12H2,1-3H3. The average molecular weight is 334 g/mol. The number of aryl methyl sites for hydroxylation is 1. The lowest BCUT2D eigenvalue weighted by atomic mass is 9.81. The second-order valence-corrected chi connectivity index (χ2v) is 6.82. The Labute approximate surface area is 142 Å². The molecule has 3 rings (SSSR count). The number of amides is 1. The fourth-order valence-corrected chi connectivity index (χ4v) is 3.85. The van der Waals surface area contributed by atoms with Crippen molar-refractivity contribution < 1.29 is 14.3 Å². The summed E-state index contributed by atoms with van der Waals surface area (Å²) >= 11 is 0. The zero-order valence-electron chi connectivity index (χ0n) is 14.7. The maximum absolute atomic E-state index is 12.7. The third-order valence-corrected chi connectivity index (χ3v) is 5.55. The van der Waals surface area contributed by atoms with Crippen LogP contribution in [0.2, 0.25) is 0 Å². The third-order valence-electron chi connectivity index (χ3n) is 5.55. The number of likely N-dealkylation sites (tertiary alicyclic amines) is 1. The van der Waals surface area contributed by atoms with Crippen molar-refractivity contribution >= 4 is 5.91 Å². The molecule has 1 aromatic rings. The molecule has 3 heterocycles. The number of hydrogen-bond acceptors (Lipinski definition) is 4. The summed E-state index contributed by atoms with van der Waals surface area (Å²) in [7, 11) is 3.42. The lowest BCUT2D eigenvalue weighted by Gasteiger charge is -2.48. The summed E-state index contributed by atoms with van der Waals surface area (Å²) in [5, 5.41) is 0. The summed E-state index contributed by atoms with van der Waals surface area (Å²) in [5.41, 5.74) is 0.575. The summed E-state index contributed by atoms with van der Waals surface area (Å²) in [6, 6.07) is 3.45. The van der Waals surface area contributed by atoms with Crippen LogP contribution in [0.15, 0.2) is 16.9 Å². The normalized spacial score (nSPS) is 23.5. The number of hydrogen-bond donors (Lipinski definition) is 0. The largest absolute Gasteiger partial charge is 0.378 e. The van der Waals surface area contributed by atoms with Crippen LogP contribution in [0.4, 0.5) is 0 Å². The molecule has 2 fully saturated rings. The van der Waals surface area contributed by atoms with E-state index in [4.69, 9.17) is 9.47 Å². The molecule has 1 unspecified atom stereocenters. The van der Waals surface area contributed by atoms with E-state index in [1.807, 2.05) is 13.0 Å². The van der Waals surface area contributed by atoms with Gasteiger partial charge in [-0.25, -0.2) is 0 Å². The van der Waals surface area contributed by atoms with E-state index in [1.165, 1.54) is 4.57 Å². The quantitative estimate of drug-likeness (QED) is 0.822. The number of carbonyl (C=O) groups is 1. The van der Waals surface area contributed by atoms with Gasteiger partial charge in [0, 0.05) is 39.5 Å². The highest BCUT2D eigenvalue weighted by Gasteiger charge is 2.45. The fourth-order valence-electron chi connectivity index (χ4n) is 3.85. The molecule has 132 valence electrons. The Kier molecular flexibility index (Phi) is 4.78. The molecule has 6 heteroatoms. The highest BCUT2D eigenvalue weighted by Crippen LogP contribution is 2.36. The van der Waals surface area contributed by atoms with Crippen LogP contribution in [0, 0.1) is 6.92 Å². The molecule has 0 saturated carbocycles. The molecule has 24 heavy (non-hydrogen) atoms. The second-order valence-electron chi connectivity index (χ2n) is 6.82. The Morgan fingerprint density at radius 2 is 2.04 bits per heavy atom. The number of carbonyl (C=O) groups excluding carboxylic acids is 1. The molecule has 0 radical (unpaired) electrons. The van der Waals surface area contributed by atoms with Gasteiger partial charge < -0.3 is 18.9 Å². The van der Waals surface area contributed by atoms with Crippen LogP contribution in [-0.2, 0) is 16.5 Å². The van der Waals surface area contributed by atoms with Gasteiger partial charge in [-0.1, -0.05) is 0 Å². The number of pyridine rings is 1. The number of piperidine rings is 1. The van der Waals surface area contributed by atoms with Gasteiger partial charge in [-0.3, -0.25) is 9.59 Å². The van der Waals surface area contributed by atoms with E-state index >= 15 is 0 Å². The first-order valence-corrected chi connectivity index (χ1v) is 8.61. The van der Waals surface area contributed by atoms with Crippen molar-refractivity contribution in [2.45, 2.75) is 44.3 Å². The molecule has 2 saturated heterocycles. The Morgan fingerprint density at radius 3 is 2.71 bits per heavy atom. The van der Waals surface area contributed by atoms with E-state index in [0.29, 0.717) is 13.1 Å². The van der Waals surface area contributed by atoms with Crippen molar-refractivity contribution in [1.82, 2.24) is 9.47 Å². The smallest absolute Gasteiger partial charge is 0.263 e. The van der Waals surface area contributed by atoms with Crippen molar-refractivity contribution in [2.24, 2.45) is 7.05 Å². The monoisotopic (exact) mass is 334 g/mol. The van der Waals surface area contributed by atoms with E-state index in [9.17, 15) is 9.59 Å². The molecule has 0 aromatic carbocycles. The van der Waals surface area contributed by atoms with Crippen LogP contribution < -0.4 is 5.56 Å². The summed E-state index contributed by atoms with van der Waals surface area (Å²) in [4.78, 5) is 26.9. The molecule has 1 aromatic heterocycles. The van der Waals surface area contributed by atoms with Gasteiger partial charge in [0.25, 0.3) is 11.5 Å². The Bertz CT molecular complexity index is 674. The Balaban J connectivity index is 1.74. The number of ether oxygens (including phenoxy) is 2. The molecular formula is C18H26N2O4. The molecule has 2 aliphatic rings. The van der Waals surface area contributed by atoms with Crippen LogP contribution in [0.1, 0.15) is 41.7 Å². The van der Waals surface area contributed by atoms with Crippen LogP contribution in [0.5, 0.6) is 0 Å². The molecule has 1 amide bonds. The van der Waals surface area contributed by atoms with Crippen molar-refractivity contribution in [1.29, 1.82) is 0 Å². The van der Waals surface area contributed by atoms with Crippen LogP contribution in [0.25, 0.3) is 0 Å². The average Bonchev–Trinajstić information content (AvgIpc) is 2.60. The van der Waals surface area contributed by atoms with Gasteiger partial charge in [0.2, 0.25) is 0 Å². The molecule has 0 N–H and O–H groups in total. The highest BCUT2D eigenvalue weighted by atomic mass is 16.5. The molecule has 1 spiro atoms. The molecule has 0 bridgehead atoms. The molecule has 6 nitrogen and oxygen atoms in total. The lowest BCUT2D eigenvalue weighted by Crippen LogP contribution is -2.57. The third kappa shape index (κ3) is 2.89. The van der Waals surface area contributed by atoms with E-state index in [2.05, 4.69) is 0 Å². The molecule has 0 aliphatic carbocycles. The first-order valence-electron chi connectivity index (χ1n) is 8.61. The number of rotatable bonds is 2. The van der Waals surface area contributed by atoms with Gasteiger partial charge in [-0.15, -0.1) is 0 Å². The SMILES string of the molecule is COC1CCCOC12CCN(C(=O)c1ccc(C)n(C)c1=O)CC2. The Morgan fingerprint density at radius 1 is 1.33 bits per heavy atom. The predicted molar refractivity (Wildman–Crippen MR) is 90.3 cm³/mol. The number of methoxy groups -OCH3 is 1. The maximum Gasteiger partial charge on any atom is 0.263 e. The van der Waals surface area contributed by atoms with Gasteiger partial charge >= 0.3 is 0 Å². The summed E-state index contributed by atoms with van der Waals surface area (Å²) in [6.45, 7) is 3.80. The Hall–Kier alpha value is -1.66. The lowest BCUT2D eigenvalue weighted by molar-refractivity contribution is -0.183. The minimum absolute atomic E-state index is 0.0933.